The second-order valence-corrected chi connectivity index (χ2v) is 7.34. The molecule has 0 aromatic heterocycles. The molecular formula is C25H24ClNO6. The summed E-state index contributed by atoms with van der Waals surface area (Å²) >= 11 is 0. The van der Waals surface area contributed by atoms with E-state index < -0.39 is 23.9 Å². The molecule has 172 valence electrons. The number of aliphatic carboxylic acids is 1. The number of esters is 2. The highest BCUT2D eigenvalue weighted by Gasteiger charge is 2.20. The van der Waals surface area contributed by atoms with Gasteiger partial charge in [-0.3, -0.25) is 4.79 Å². The molecule has 0 saturated heterocycles. The van der Waals surface area contributed by atoms with Crippen LogP contribution in [0.3, 0.4) is 0 Å². The van der Waals surface area contributed by atoms with E-state index in [1.54, 1.807) is 62.4 Å². The average molecular weight is 470 g/mol. The molecule has 33 heavy (non-hydrogen) atoms. The van der Waals surface area contributed by atoms with Crippen LogP contribution in [0.2, 0.25) is 0 Å². The summed E-state index contributed by atoms with van der Waals surface area (Å²) in [4.78, 5) is 36.6. The zero-order chi connectivity index (χ0) is 23.3. The van der Waals surface area contributed by atoms with Gasteiger partial charge < -0.3 is 20.3 Å². The van der Waals surface area contributed by atoms with Crippen LogP contribution in [0.25, 0.3) is 0 Å². The zero-order valence-electron chi connectivity index (χ0n) is 18.1. The van der Waals surface area contributed by atoms with Crippen LogP contribution in [0.1, 0.15) is 37.4 Å². The third kappa shape index (κ3) is 6.41. The summed E-state index contributed by atoms with van der Waals surface area (Å²) in [6, 6.07) is 17.2. The number of carbonyl (C=O) groups excluding carboxylic acids is 2. The van der Waals surface area contributed by atoms with Crippen LogP contribution >= 0.6 is 12.4 Å². The number of aryl methyl sites for hydroxylation is 2. The van der Waals surface area contributed by atoms with Gasteiger partial charge in [0, 0.05) is 0 Å². The molecule has 0 heterocycles. The molecule has 0 fully saturated rings. The molecule has 0 aliphatic heterocycles. The summed E-state index contributed by atoms with van der Waals surface area (Å²) in [6.07, 6.45) is 0.0102. The van der Waals surface area contributed by atoms with Gasteiger partial charge in [0.05, 0.1) is 11.1 Å². The van der Waals surface area contributed by atoms with Crippen LogP contribution in [-0.4, -0.2) is 29.1 Å². The Hall–Kier alpha value is -3.68. The van der Waals surface area contributed by atoms with Crippen LogP contribution < -0.4 is 15.2 Å². The lowest BCUT2D eigenvalue weighted by molar-refractivity contribution is -0.138. The highest BCUT2D eigenvalue weighted by Crippen LogP contribution is 2.31. The van der Waals surface area contributed by atoms with Crippen molar-refractivity contribution in [1.29, 1.82) is 0 Å². The number of hydrogen-bond acceptors (Lipinski definition) is 6. The third-order valence-electron chi connectivity index (χ3n) is 4.92. The molecule has 3 N–H and O–H groups in total. The molecule has 8 heteroatoms. The maximum atomic E-state index is 12.8. The summed E-state index contributed by atoms with van der Waals surface area (Å²) in [7, 11) is 0. The van der Waals surface area contributed by atoms with E-state index in [1.807, 2.05) is 6.07 Å². The number of rotatable bonds is 7. The van der Waals surface area contributed by atoms with Crippen LogP contribution in [0.4, 0.5) is 0 Å². The lowest BCUT2D eigenvalue weighted by atomic mass is 10.1. The fraction of sp³-hybridized carbons (Fsp3) is 0.160. The highest BCUT2D eigenvalue weighted by molar-refractivity contribution is 5.94. The Morgan fingerprint density at radius 3 is 1.79 bits per heavy atom. The molecule has 1 atom stereocenters. The smallest absolute Gasteiger partial charge is 0.343 e. The summed E-state index contributed by atoms with van der Waals surface area (Å²) in [5.74, 6) is -2.36. The lowest BCUT2D eigenvalue weighted by Gasteiger charge is -2.14. The van der Waals surface area contributed by atoms with Gasteiger partial charge in [0.15, 0.2) is 11.5 Å². The van der Waals surface area contributed by atoms with Crippen molar-refractivity contribution >= 4 is 30.3 Å². The average Bonchev–Trinajstić information content (AvgIpc) is 2.75. The first-order valence-corrected chi connectivity index (χ1v) is 9.93. The molecule has 0 unspecified atom stereocenters. The largest absolute Gasteiger partial charge is 0.480 e. The second kappa shape index (κ2) is 11.3. The number of carbonyl (C=O) groups is 3. The Labute approximate surface area is 197 Å². The van der Waals surface area contributed by atoms with Gasteiger partial charge in [-0.2, -0.15) is 0 Å². The van der Waals surface area contributed by atoms with Gasteiger partial charge in [0.1, 0.15) is 6.04 Å². The third-order valence-corrected chi connectivity index (χ3v) is 4.92. The van der Waals surface area contributed by atoms with Gasteiger partial charge in [-0.05, 0) is 61.2 Å². The van der Waals surface area contributed by atoms with Crippen molar-refractivity contribution in [2.24, 2.45) is 5.73 Å². The molecule has 0 radical (unpaired) electrons. The van der Waals surface area contributed by atoms with Crippen LogP contribution in [0, 0.1) is 13.8 Å². The molecule has 3 aromatic rings. The lowest BCUT2D eigenvalue weighted by Crippen LogP contribution is -2.32. The first-order chi connectivity index (χ1) is 15.3. The first-order valence-electron chi connectivity index (χ1n) is 9.93. The highest BCUT2D eigenvalue weighted by atomic mass is 35.5. The normalized spacial score (nSPS) is 11.1. The van der Waals surface area contributed by atoms with Gasteiger partial charge in [-0.25, -0.2) is 9.59 Å². The maximum absolute atomic E-state index is 12.8. The number of nitrogens with two attached hydrogens (primary N) is 1. The Morgan fingerprint density at radius 1 is 0.818 bits per heavy atom. The molecule has 3 aromatic carbocycles. The predicted molar refractivity (Wildman–Crippen MR) is 125 cm³/mol. The minimum atomic E-state index is -1.15. The van der Waals surface area contributed by atoms with Crippen molar-refractivity contribution in [1.82, 2.24) is 0 Å². The predicted octanol–water partition coefficient (Wildman–Crippen LogP) is 4.12. The van der Waals surface area contributed by atoms with E-state index in [0.717, 1.165) is 11.1 Å². The molecule has 0 aliphatic carbocycles. The van der Waals surface area contributed by atoms with E-state index >= 15 is 0 Å². The van der Waals surface area contributed by atoms with Crippen LogP contribution in [0.15, 0.2) is 66.7 Å². The van der Waals surface area contributed by atoms with E-state index in [9.17, 15) is 14.4 Å². The SMILES string of the molecule is Cc1ccccc1C(=O)Oc1ccc(C[C@H](N)C(=O)O)cc1OC(=O)c1ccccc1C.Cl. The number of hydrogen-bond donors (Lipinski definition) is 2. The summed E-state index contributed by atoms with van der Waals surface area (Å²) in [5.41, 5.74) is 8.34. The van der Waals surface area contributed by atoms with Gasteiger partial charge in [-0.1, -0.05) is 42.5 Å². The summed E-state index contributed by atoms with van der Waals surface area (Å²) < 4.78 is 11.1. The van der Waals surface area contributed by atoms with Gasteiger partial charge >= 0.3 is 17.9 Å². The molecule has 0 bridgehead atoms. The van der Waals surface area contributed by atoms with Gasteiger partial charge in [0.25, 0.3) is 0 Å². The number of carboxylic acid groups (broad SMARTS) is 1. The van der Waals surface area contributed by atoms with Gasteiger partial charge in [-0.15, -0.1) is 12.4 Å². The second-order valence-electron chi connectivity index (χ2n) is 7.34. The van der Waals surface area contributed by atoms with Crippen LogP contribution in [0.5, 0.6) is 11.5 Å². The van der Waals surface area contributed by atoms with E-state index in [2.05, 4.69) is 0 Å². The Kier molecular flexibility index (Phi) is 8.73. The Balaban J connectivity index is 0.00000385. The molecular weight excluding hydrogens is 446 g/mol. The van der Waals surface area contributed by atoms with E-state index in [-0.39, 0.29) is 30.3 Å². The maximum Gasteiger partial charge on any atom is 0.343 e. The fourth-order valence-electron chi connectivity index (χ4n) is 3.10. The number of benzene rings is 3. The van der Waals surface area contributed by atoms with Crippen LogP contribution in [-0.2, 0) is 11.2 Å². The summed E-state index contributed by atoms with van der Waals surface area (Å²) in [6.45, 7) is 3.56. The standard InChI is InChI=1S/C25H23NO6.ClH/c1-15-7-3-5-9-18(15)24(29)31-21-12-11-17(13-20(26)23(27)28)14-22(21)32-25(30)19-10-6-4-8-16(19)2;/h3-12,14,20H,13,26H2,1-2H3,(H,27,28);1H/t20-;/m0./s1. The molecule has 0 aliphatic rings. The topological polar surface area (TPSA) is 116 Å². The summed E-state index contributed by atoms with van der Waals surface area (Å²) in [5, 5.41) is 9.08. The van der Waals surface area contributed by atoms with Crippen molar-refractivity contribution in [3.8, 4) is 11.5 Å². The van der Waals surface area contributed by atoms with Crippen molar-refractivity contribution in [3.05, 3.63) is 94.5 Å². The molecule has 0 spiro atoms. The minimum absolute atomic E-state index is 0. The van der Waals surface area contributed by atoms with Crippen molar-refractivity contribution < 1.29 is 29.0 Å². The Bertz CT molecular complexity index is 1180. The number of halogens is 1. The number of carboxylic acids is 1. The monoisotopic (exact) mass is 469 g/mol. The first kappa shape index (κ1) is 25.6. The molecule has 0 amide bonds. The molecule has 3 rings (SSSR count). The van der Waals surface area contributed by atoms with Gasteiger partial charge in [0.2, 0.25) is 0 Å². The van der Waals surface area contributed by atoms with Crippen molar-refractivity contribution in [2.75, 3.05) is 0 Å². The minimum Gasteiger partial charge on any atom is -0.480 e. The van der Waals surface area contributed by atoms with E-state index in [4.69, 9.17) is 20.3 Å². The fourth-order valence-corrected chi connectivity index (χ4v) is 3.10. The quantitative estimate of drug-likeness (QED) is 0.395. The van der Waals surface area contributed by atoms with E-state index in [1.165, 1.54) is 12.1 Å². The number of ether oxygens (including phenoxy) is 2. The van der Waals surface area contributed by atoms with Crippen molar-refractivity contribution in [3.63, 3.8) is 0 Å². The van der Waals surface area contributed by atoms with E-state index in [0.29, 0.717) is 16.7 Å². The Morgan fingerprint density at radius 2 is 1.30 bits per heavy atom. The zero-order valence-corrected chi connectivity index (χ0v) is 18.9. The molecule has 0 saturated carbocycles. The van der Waals surface area contributed by atoms with Crippen molar-refractivity contribution in [2.45, 2.75) is 26.3 Å². The molecule has 7 nitrogen and oxygen atoms in total.